The molecule has 6 heteroatoms. The summed E-state index contributed by atoms with van der Waals surface area (Å²) >= 11 is 0. The molecule has 1 heterocycles. The molecule has 0 radical (unpaired) electrons. The number of carbonyl (C=O) groups is 2. The molecule has 1 aromatic carbocycles. The number of carbonyl (C=O) groups excluding carboxylic acids is 2. The zero-order valence-electron chi connectivity index (χ0n) is 15.7. The third-order valence-corrected chi connectivity index (χ3v) is 3.98. The Bertz CT molecular complexity index is 754. The summed E-state index contributed by atoms with van der Waals surface area (Å²) in [6, 6.07) is 11.0. The summed E-state index contributed by atoms with van der Waals surface area (Å²) in [6.07, 6.45) is 6.62. The topological polar surface area (TPSA) is 71.5 Å². The van der Waals surface area contributed by atoms with Crippen LogP contribution >= 0.6 is 0 Å². The van der Waals surface area contributed by atoms with Gasteiger partial charge in [-0.3, -0.25) is 14.6 Å². The van der Waals surface area contributed by atoms with Crippen LogP contribution < -0.4 is 10.1 Å². The second kappa shape index (κ2) is 10.8. The lowest BCUT2D eigenvalue weighted by Crippen LogP contribution is -2.34. The molecule has 27 heavy (non-hydrogen) atoms. The predicted octanol–water partition coefficient (Wildman–Crippen LogP) is 2.66. The van der Waals surface area contributed by atoms with Crippen LogP contribution in [0.3, 0.4) is 0 Å². The van der Waals surface area contributed by atoms with E-state index in [0.29, 0.717) is 25.4 Å². The van der Waals surface area contributed by atoms with Gasteiger partial charge in [-0.25, -0.2) is 0 Å². The Morgan fingerprint density at radius 2 is 1.89 bits per heavy atom. The molecule has 1 aromatic heterocycles. The van der Waals surface area contributed by atoms with Crippen molar-refractivity contribution in [3.8, 4) is 5.75 Å². The van der Waals surface area contributed by atoms with Gasteiger partial charge in [0.1, 0.15) is 5.75 Å². The zero-order chi connectivity index (χ0) is 19.5. The molecule has 0 aliphatic carbocycles. The first-order chi connectivity index (χ1) is 13.1. The summed E-state index contributed by atoms with van der Waals surface area (Å²) < 4.78 is 5.52. The van der Waals surface area contributed by atoms with Gasteiger partial charge in [0.05, 0.1) is 0 Å². The van der Waals surface area contributed by atoms with Gasteiger partial charge < -0.3 is 15.0 Å². The second-order valence-corrected chi connectivity index (χ2v) is 5.84. The molecule has 0 fully saturated rings. The average molecular weight is 367 g/mol. The van der Waals surface area contributed by atoms with Gasteiger partial charge in [0.25, 0.3) is 5.91 Å². The number of ether oxygens (including phenoxy) is 1. The predicted molar refractivity (Wildman–Crippen MR) is 105 cm³/mol. The van der Waals surface area contributed by atoms with Gasteiger partial charge in [0.2, 0.25) is 5.91 Å². The van der Waals surface area contributed by atoms with E-state index in [-0.39, 0.29) is 18.4 Å². The number of nitrogens with one attached hydrogen (secondary N) is 1. The Labute approximate surface area is 159 Å². The number of aromatic nitrogens is 1. The molecule has 0 aliphatic heterocycles. The summed E-state index contributed by atoms with van der Waals surface area (Å²) in [5.74, 6) is 0.409. The minimum Gasteiger partial charge on any atom is -0.484 e. The van der Waals surface area contributed by atoms with E-state index in [1.807, 2.05) is 38.1 Å². The summed E-state index contributed by atoms with van der Waals surface area (Å²) in [6.45, 7) is 5.68. The first-order valence-corrected chi connectivity index (χ1v) is 8.97. The molecule has 0 bridgehead atoms. The Kier molecular flexibility index (Phi) is 8.03. The minimum absolute atomic E-state index is 0.0214. The maximum Gasteiger partial charge on any atom is 0.260 e. The van der Waals surface area contributed by atoms with Crippen LogP contribution in [0.1, 0.15) is 25.0 Å². The van der Waals surface area contributed by atoms with Gasteiger partial charge in [-0.15, -0.1) is 0 Å². The van der Waals surface area contributed by atoms with Gasteiger partial charge in [-0.1, -0.05) is 18.2 Å². The minimum atomic E-state index is -0.177. The molecule has 0 saturated carbocycles. The van der Waals surface area contributed by atoms with Crippen molar-refractivity contribution in [2.24, 2.45) is 0 Å². The van der Waals surface area contributed by atoms with Crippen LogP contribution in [-0.4, -0.2) is 41.4 Å². The van der Waals surface area contributed by atoms with Crippen molar-refractivity contribution < 1.29 is 14.3 Å². The SMILES string of the molecule is CCN(CC)C(=O)COc1ccc(/C=C/C(=O)NCc2cccnc2)cc1. The molecular weight excluding hydrogens is 342 g/mol. The molecule has 2 rings (SSSR count). The number of nitrogens with zero attached hydrogens (tertiary/aromatic N) is 2. The van der Waals surface area contributed by atoms with Gasteiger partial charge in [-0.05, 0) is 49.2 Å². The summed E-state index contributed by atoms with van der Waals surface area (Å²) in [4.78, 5) is 29.5. The summed E-state index contributed by atoms with van der Waals surface area (Å²) in [5.41, 5.74) is 1.81. The van der Waals surface area contributed by atoms with Crippen molar-refractivity contribution in [1.82, 2.24) is 15.2 Å². The molecular formula is C21H25N3O3. The lowest BCUT2D eigenvalue weighted by Gasteiger charge is -2.18. The molecule has 1 N–H and O–H groups in total. The van der Waals surface area contributed by atoms with Crippen LogP contribution in [0.2, 0.25) is 0 Å². The average Bonchev–Trinajstić information content (AvgIpc) is 2.71. The van der Waals surface area contributed by atoms with Crippen molar-refractivity contribution in [2.45, 2.75) is 20.4 Å². The van der Waals surface area contributed by atoms with Crippen molar-refractivity contribution >= 4 is 17.9 Å². The van der Waals surface area contributed by atoms with E-state index in [1.165, 1.54) is 6.08 Å². The maximum atomic E-state index is 11.9. The fraction of sp³-hybridized carbons (Fsp3) is 0.286. The van der Waals surface area contributed by atoms with Crippen molar-refractivity contribution in [3.63, 3.8) is 0 Å². The monoisotopic (exact) mass is 367 g/mol. The lowest BCUT2D eigenvalue weighted by molar-refractivity contribution is -0.133. The van der Waals surface area contributed by atoms with Crippen LogP contribution in [0.4, 0.5) is 0 Å². The van der Waals surface area contributed by atoms with Gasteiger partial charge in [0, 0.05) is 38.1 Å². The van der Waals surface area contributed by atoms with Gasteiger partial charge >= 0.3 is 0 Å². The zero-order valence-corrected chi connectivity index (χ0v) is 15.7. The standard InChI is InChI=1S/C21H25N3O3/c1-3-24(4-2)21(26)16-27-19-10-7-17(8-11-19)9-12-20(25)23-15-18-6-5-13-22-14-18/h5-14H,3-4,15-16H2,1-2H3,(H,23,25)/b12-9+. The molecule has 142 valence electrons. The van der Waals surface area contributed by atoms with Crippen LogP contribution in [0.25, 0.3) is 6.08 Å². The van der Waals surface area contributed by atoms with Crippen LogP contribution in [-0.2, 0) is 16.1 Å². The fourth-order valence-corrected chi connectivity index (χ4v) is 2.41. The number of amides is 2. The van der Waals surface area contributed by atoms with E-state index in [2.05, 4.69) is 10.3 Å². The Morgan fingerprint density at radius 3 is 2.52 bits per heavy atom. The number of hydrogen-bond donors (Lipinski definition) is 1. The fourth-order valence-electron chi connectivity index (χ4n) is 2.41. The molecule has 2 amide bonds. The molecule has 0 saturated heterocycles. The molecule has 0 unspecified atom stereocenters. The van der Waals surface area contributed by atoms with E-state index in [9.17, 15) is 9.59 Å². The largest absolute Gasteiger partial charge is 0.484 e. The number of pyridine rings is 1. The third-order valence-electron chi connectivity index (χ3n) is 3.98. The molecule has 0 spiro atoms. The summed E-state index contributed by atoms with van der Waals surface area (Å²) in [7, 11) is 0. The van der Waals surface area contributed by atoms with E-state index in [1.54, 1.807) is 35.5 Å². The Morgan fingerprint density at radius 1 is 1.15 bits per heavy atom. The number of hydrogen-bond acceptors (Lipinski definition) is 4. The van der Waals surface area contributed by atoms with Crippen molar-refractivity contribution in [1.29, 1.82) is 0 Å². The normalized spacial score (nSPS) is 10.6. The van der Waals surface area contributed by atoms with Gasteiger partial charge in [0.15, 0.2) is 6.61 Å². The first kappa shape index (κ1) is 20.2. The molecule has 2 aromatic rings. The van der Waals surface area contributed by atoms with Crippen molar-refractivity contribution in [3.05, 3.63) is 66.0 Å². The number of rotatable bonds is 9. The van der Waals surface area contributed by atoms with E-state index in [4.69, 9.17) is 4.74 Å². The van der Waals surface area contributed by atoms with Crippen LogP contribution in [0, 0.1) is 0 Å². The van der Waals surface area contributed by atoms with Gasteiger partial charge in [-0.2, -0.15) is 0 Å². The highest BCUT2D eigenvalue weighted by Gasteiger charge is 2.09. The number of likely N-dealkylation sites (N-methyl/N-ethyl adjacent to an activating group) is 1. The maximum absolute atomic E-state index is 11.9. The van der Waals surface area contributed by atoms with E-state index < -0.39 is 0 Å². The highest BCUT2D eigenvalue weighted by Crippen LogP contribution is 2.13. The highest BCUT2D eigenvalue weighted by molar-refractivity contribution is 5.91. The lowest BCUT2D eigenvalue weighted by atomic mass is 10.2. The van der Waals surface area contributed by atoms with E-state index in [0.717, 1.165) is 11.1 Å². The first-order valence-electron chi connectivity index (χ1n) is 8.97. The quantitative estimate of drug-likeness (QED) is 0.692. The van der Waals surface area contributed by atoms with Crippen LogP contribution in [0.15, 0.2) is 54.9 Å². The summed E-state index contributed by atoms with van der Waals surface area (Å²) in [5, 5.41) is 2.80. The number of benzene rings is 1. The second-order valence-electron chi connectivity index (χ2n) is 5.84. The molecule has 0 atom stereocenters. The third kappa shape index (κ3) is 6.93. The Hall–Kier alpha value is -3.15. The van der Waals surface area contributed by atoms with Crippen molar-refractivity contribution in [2.75, 3.05) is 19.7 Å². The Balaban J connectivity index is 1.79. The van der Waals surface area contributed by atoms with E-state index >= 15 is 0 Å². The smallest absolute Gasteiger partial charge is 0.260 e. The highest BCUT2D eigenvalue weighted by atomic mass is 16.5. The van der Waals surface area contributed by atoms with Crippen LogP contribution in [0.5, 0.6) is 5.75 Å². The molecule has 6 nitrogen and oxygen atoms in total. The molecule has 0 aliphatic rings.